The lowest BCUT2D eigenvalue weighted by atomic mass is 10.5. The van der Waals surface area contributed by atoms with E-state index in [0.717, 1.165) is 0 Å². The molecule has 0 aromatic heterocycles. The van der Waals surface area contributed by atoms with Crippen molar-refractivity contribution in [3.8, 4) is 0 Å². The second-order valence-corrected chi connectivity index (χ2v) is 3.45. The van der Waals surface area contributed by atoms with Gasteiger partial charge in [-0.05, 0) is 0 Å². The Bertz CT molecular complexity index is 162. The Morgan fingerprint density at radius 2 is 2.11 bits per heavy atom. The van der Waals surface area contributed by atoms with Crippen LogP contribution in [-0.2, 0) is 10.1 Å². The number of alkyl halides is 2. The lowest BCUT2D eigenvalue weighted by Gasteiger charge is -2.02. The maximum absolute atomic E-state index is 11.5. The molecule has 0 aliphatic rings. The SMILES string of the molecule is O=S(=O)(O)C(CF)CCl. The summed E-state index contributed by atoms with van der Waals surface area (Å²) >= 11 is 4.97. The lowest BCUT2D eigenvalue weighted by molar-refractivity contribution is 0.432. The molecular weight excluding hydrogens is 171 g/mol. The van der Waals surface area contributed by atoms with Crippen LogP contribution in [0.25, 0.3) is 0 Å². The van der Waals surface area contributed by atoms with Gasteiger partial charge in [-0.25, -0.2) is 4.39 Å². The molecule has 0 aliphatic heterocycles. The fourth-order valence-corrected chi connectivity index (χ4v) is 1.08. The number of halogens is 2. The van der Waals surface area contributed by atoms with Crippen molar-refractivity contribution in [2.24, 2.45) is 0 Å². The summed E-state index contributed by atoms with van der Waals surface area (Å²) in [6.45, 7) is -1.15. The fraction of sp³-hybridized carbons (Fsp3) is 1.00. The molecule has 0 bridgehead atoms. The Balaban J connectivity index is 4.14. The standard InChI is InChI=1S/C3H6ClFO3S/c4-1-3(2-5)9(6,7)8/h3H,1-2H2,(H,6,7,8). The quantitative estimate of drug-likeness (QED) is 0.502. The molecule has 0 aromatic rings. The first-order chi connectivity index (χ1) is 4.02. The molecule has 0 aromatic carbocycles. The zero-order chi connectivity index (χ0) is 7.49. The van der Waals surface area contributed by atoms with Crippen molar-refractivity contribution >= 4 is 21.7 Å². The summed E-state index contributed by atoms with van der Waals surface area (Å²) < 4.78 is 39.7. The minimum atomic E-state index is -4.27. The van der Waals surface area contributed by atoms with E-state index >= 15 is 0 Å². The van der Waals surface area contributed by atoms with Gasteiger partial charge in [0.25, 0.3) is 10.1 Å². The Labute approximate surface area is 57.6 Å². The normalized spacial score (nSPS) is 15.4. The van der Waals surface area contributed by atoms with E-state index < -0.39 is 27.9 Å². The average molecular weight is 177 g/mol. The van der Waals surface area contributed by atoms with Crippen LogP contribution in [0, 0.1) is 0 Å². The average Bonchev–Trinajstić information content (AvgIpc) is 1.65. The second-order valence-electron chi connectivity index (χ2n) is 1.45. The van der Waals surface area contributed by atoms with Gasteiger partial charge in [-0.1, -0.05) is 0 Å². The van der Waals surface area contributed by atoms with Crippen LogP contribution in [0.1, 0.15) is 0 Å². The molecule has 6 heteroatoms. The summed E-state index contributed by atoms with van der Waals surface area (Å²) in [7, 11) is -4.27. The predicted molar refractivity (Wildman–Crippen MR) is 32.0 cm³/mol. The van der Waals surface area contributed by atoms with Crippen LogP contribution >= 0.6 is 11.6 Å². The number of hydrogen-bond acceptors (Lipinski definition) is 2. The van der Waals surface area contributed by atoms with Gasteiger partial charge >= 0.3 is 0 Å². The minimum absolute atomic E-state index is 0.421. The van der Waals surface area contributed by atoms with E-state index in [2.05, 4.69) is 0 Å². The molecule has 1 atom stereocenters. The van der Waals surface area contributed by atoms with Crippen LogP contribution in [0.15, 0.2) is 0 Å². The lowest BCUT2D eigenvalue weighted by Crippen LogP contribution is -2.24. The molecule has 0 fully saturated rings. The van der Waals surface area contributed by atoms with Gasteiger partial charge in [0, 0.05) is 5.88 Å². The molecule has 0 saturated heterocycles. The molecule has 0 saturated carbocycles. The topological polar surface area (TPSA) is 54.4 Å². The van der Waals surface area contributed by atoms with E-state index in [1.807, 2.05) is 0 Å². The zero-order valence-electron chi connectivity index (χ0n) is 4.42. The van der Waals surface area contributed by atoms with Crippen LogP contribution in [0.4, 0.5) is 4.39 Å². The first-order valence-corrected chi connectivity index (χ1v) is 4.14. The largest absolute Gasteiger partial charge is 0.285 e. The van der Waals surface area contributed by atoms with Crippen molar-refractivity contribution in [1.29, 1.82) is 0 Å². The van der Waals surface area contributed by atoms with Gasteiger partial charge < -0.3 is 0 Å². The highest BCUT2D eigenvalue weighted by Gasteiger charge is 2.20. The molecule has 1 unspecified atom stereocenters. The molecule has 0 aliphatic carbocycles. The maximum Gasteiger partial charge on any atom is 0.271 e. The molecule has 1 N–H and O–H groups in total. The summed E-state index contributed by atoms with van der Waals surface area (Å²) in [5, 5.41) is -1.47. The maximum atomic E-state index is 11.5. The van der Waals surface area contributed by atoms with Crippen LogP contribution < -0.4 is 0 Å². The van der Waals surface area contributed by atoms with Crippen molar-refractivity contribution in [2.75, 3.05) is 12.6 Å². The van der Waals surface area contributed by atoms with Gasteiger partial charge in [0.05, 0.1) is 0 Å². The molecule has 0 rings (SSSR count). The van der Waals surface area contributed by atoms with E-state index in [4.69, 9.17) is 16.2 Å². The van der Waals surface area contributed by atoms with Gasteiger partial charge in [0.2, 0.25) is 0 Å². The van der Waals surface area contributed by atoms with Crippen molar-refractivity contribution < 1.29 is 17.4 Å². The molecule has 0 spiro atoms. The zero-order valence-corrected chi connectivity index (χ0v) is 5.99. The van der Waals surface area contributed by atoms with E-state index in [1.165, 1.54) is 0 Å². The van der Waals surface area contributed by atoms with Gasteiger partial charge in [-0.2, -0.15) is 8.42 Å². The monoisotopic (exact) mass is 176 g/mol. The van der Waals surface area contributed by atoms with Crippen molar-refractivity contribution in [2.45, 2.75) is 5.25 Å². The molecule has 3 nitrogen and oxygen atoms in total. The van der Waals surface area contributed by atoms with Crippen molar-refractivity contribution in [3.05, 3.63) is 0 Å². The van der Waals surface area contributed by atoms with Crippen molar-refractivity contribution in [1.82, 2.24) is 0 Å². The first-order valence-electron chi connectivity index (χ1n) is 2.10. The summed E-state index contributed by atoms with van der Waals surface area (Å²) in [6, 6.07) is 0. The summed E-state index contributed by atoms with van der Waals surface area (Å²) in [6.07, 6.45) is 0. The fourth-order valence-electron chi connectivity index (χ4n) is 0.200. The highest BCUT2D eigenvalue weighted by molar-refractivity contribution is 7.86. The Morgan fingerprint density at radius 1 is 1.67 bits per heavy atom. The first kappa shape index (κ1) is 9.13. The van der Waals surface area contributed by atoms with Crippen LogP contribution in [0.2, 0.25) is 0 Å². The summed E-state index contributed by atoms with van der Waals surface area (Å²) in [5.41, 5.74) is 0. The van der Waals surface area contributed by atoms with E-state index in [0.29, 0.717) is 0 Å². The smallest absolute Gasteiger partial charge is 0.271 e. The second kappa shape index (κ2) is 3.34. The van der Waals surface area contributed by atoms with Gasteiger partial charge in [0.15, 0.2) is 0 Å². The molecule has 56 valence electrons. The van der Waals surface area contributed by atoms with Gasteiger partial charge in [0.1, 0.15) is 11.9 Å². The third-order valence-electron chi connectivity index (χ3n) is 0.765. The van der Waals surface area contributed by atoms with Gasteiger partial charge in [-0.15, -0.1) is 11.6 Å². The Morgan fingerprint density at radius 3 is 2.11 bits per heavy atom. The number of rotatable bonds is 3. The van der Waals surface area contributed by atoms with Gasteiger partial charge in [-0.3, -0.25) is 4.55 Å². The third-order valence-corrected chi connectivity index (χ3v) is 2.46. The summed E-state index contributed by atoms with van der Waals surface area (Å²) in [4.78, 5) is 0. The number of hydrogen-bond donors (Lipinski definition) is 1. The predicted octanol–water partition coefficient (Wildman–Crippen LogP) is 0.451. The Kier molecular flexibility index (Phi) is 3.38. The minimum Gasteiger partial charge on any atom is -0.285 e. The molecule has 0 radical (unpaired) electrons. The highest BCUT2D eigenvalue weighted by atomic mass is 35.5. The molecule has 0 heterocycles. The van der Waals surface area contributed by atoms with Crippen LogP contribution in [0.5, 0.6) is 0 Å². The molecule has 9 heavy (non-hydrogen) atoms. The van der Waals surface area contributed by atoms with E-state index in [9.17, 15) is 12.8 Å². The third kappa shape index (κ3) is 2.98. The summed E-state index contributed by atoms with van der Waals surface area (Å²) in [5.74, 6) is -0.421. The van der Waals surface area contributed by atoms with E-state index in [-0.39, 0.29) is 0 Å². The van der Waals surface area contributed by atoms with Crippen LogP contribution in [0.3, 0.4) is 0 Å². The molecule has 0 amide bonds. The Hall–Kier alpha value is 0.130. The van der Waals surface area contributed by atoms with Crippen molar-refractivity contribution in [3.63, 3.8) is 0 Å². The van der Waals surface area contributed by atoms with E-state index in [1.54, 1.807) is 0 Å². The molecular formula is C3H6ClFO3S. The highest BCUT2D eigenvalue weighted by Crippen LogP contribution is 2.01. The van der Waals surface area contributed by atoms with Crippen LogP contribution in [-0.4, -0.2) is 30.8 Å².